The topological polar surface area (TPSA) is 82.4 Å². The van der Waals surface area contributed by atoms with Crippen LogP contribution in [0.25, 0.3) is 6.08 Å². The van der Waals surface area contributed by atoms with Crippen molar-refractivity contribution in [3.63, 3.8) is 0 Å². The van der Waals surface area contributed by atoms with Crippen LogP contribution in [0.1, 0.15) is 40.1 Å². The first-order valence-corrected chi connectivity index (χ1v) is 11.8. The zero-order valence-corrected chi connectivity index (χ0v) is 18.2. The maximum atomic E-state index is 12.3. The molecule has 0 aromatic carbocycles. The fourth-order valence-corrected chi connectivity index (χ4v) is 5.81. The molecule has 1 fully saturated rings. The molecule has 1 aliphatic heterocycles. The van der Waals surface area contributed by atoms with Gasteiger partial charge in [0.05, 0.1) is 12.2 Å². The van der Waals surface area contributed by atoms with E-state index in [1.54, 1.807) is 22.3 Å². The first kappa shape index (κ1) is 20.6. The van der Waals surface area contributed by atoms with Gasteiger partial charge in [-0.15, -0.1) is 22.7 Å². The fourth-order valence-electron chi connectivity index (χ4n) is 3.88. The van der Waals surface area contributed by atoms with Gasteiger partial charge in [-0.1, -0.05) is 6.07 Å². The number of hydrogen-bond acceptors (Lipinski definition) is 6. The lowest BCUT2D eigenvalue weighted by Crippen LogP contribution is -2.30. The van der Waals surface area contributed by atoms with Gasteiger partial charge in [-0.2, -0.15) is 5.26 Å². The summed E-state index contributed by atoms with van der Waals surface area (Å²) in [4.78, 5) is 28.3. The van der Waals surface area contributed by atoms with Crippen molar-refractivity contribution in [2.24, 2.45) is 5.92 Å². The Hall–Kier alpha value is -2.63. The van der Waals surface area contributed by atoms with E-state index in [2.05, 4.69) is 11.4 Å². The van der Waals surface area contributed by atoms with Gasteiger partial charge in [0.2, 0.25) is 5.91 Å². The fraction of sp³-hybridized carbons (Fsp3) is 0.409. The van der Waals surface area contributed by atoms with Gasteiger partial charge in [0, 0.05) is 28.9 Å². The summed E-state index contributed by atoms with van der Waals surface area (Å²) < 4.78 is 5.52. The van der Waals surface area contributed by atoms with Gasteiger partial charge in [0.1, 0.15) is 11.1 Å². The molecule has 0 bridgehead atoms. The lowest BCUT2D eigenvalue weighted by atomic mass is 9.88. The number of nitrogens with one attached hydrogen (secondary N) is 1. The van der Waals surface area contributed by atoms with Crippen LogP contribution in [0.3, 0.4) is 0 Å². The number of thiophene rings is 2. The van der Waals surface area contributed by atoms with Crippen molar-refractivity contribution >= 4 is 45.8 Å². The Kier molecular flexibility index (Phi) is 6.50. The third-order valence-corrected chi connectivity index (χ3v) is 7.47. The molecule has 1 atom stereocenters. The summed E-state index contributed by atoms with van der Waals surface area (Å²) in [5, 5.41) is 15.1. The molecule has 1 aliphatic carbocycles. The van der Waals surface area contributed by atoms with E-state index in [1.165, 1.54) is 17.4 Å². The highest BCUT2D eigenvalue weighted by atomic mass is 32.1. The molecule has 1 saturated heterocycles. The third kappa shape index (κ3) is 4.74. The predicted molar refractivity (Wildman–Crippen MR) is 119 cm³/mol. The Labute approximate surface area is 183 Å². The molecule has 2 aromatic heterocycles. The summed E-state index contributed by atoms with van der Waals surface area (Å²) in [6, 6.07) is 6.14. The number of nitrogens with zero attached hydrogens (tertiary/aromatic N) is 2. The second kappa shape index (κ2) is 9.45. The summed E-state index contributed by atoms with van der Waals surface area (Å²) >= 11 is 3.03. The van der Waals surface area contributed by atoms with E-state index < -0.39 is 0 Å². The molecule has 1 N–H and O–H groups in total. The summed E-state index contributed by atoms with van der Waals surface area (Å²) in [5.74, 6) is 0.00566. The average Bonchev–Trinajstić information content (AvgIpc) is 3.51. The smallest absolute Gasteiger partial charge is 0.409 e. The van der Waals surface area contributed by atoms with Crippen molar-refractivity contribution in [2.45, 2.75) is 32.1 Å². The van der Waals surface area contributed by atoms with Gasteiger partial charge in [-0.3, -0.25) is 4.79 Å². The van der Waals surface area contributed by atoms with Crippen LogP contribution in [0.2, 0.25) is 0 Å². The number of hydrogen-bond donors (Lipinski definition) is 1. The lowest BCUT2D eigenvalue weighted by molar-refractivity contribution is -0.111. The standard InChI is InChI=1S/C22H23N3O3S2/c23-13-18-17-7-5-15(14-28-22(27)25-9-1-2-10-25)12-19(17)30-21(18)24-20(26)8-6-16-4-3-11-29-16/h3-4,6,8,11,15H,1-2,5,7,9-10,12,14H2,(H,24,26)/b8-6+. The summed E-state index contributed by atoms with van der Waals surface area (Å²) in [6.45, 7) is 1.97. The van der Waals surface area contributed by atoms with Crippen molar-refractivity contribution in [3.8, 4) is 6.07 Å². The van der Waals surface area contributed by atoms with Crippen LogP contribution in [0.4, 0.5) is 9.80 Å². The van der Waals surface area contributed by atoms with E-state index in [0.717, 1.165) is 60.5 Å². The van der Waals surface area contributed by atoms with Gasteiger partial charge in [0.25, 0.3) is 0 Å². The van der Waals surface area contributed by atoms with Crippen LogP contribution in [0, 0.1) is 17.2 Å². The molecule has 4 rings (SSSR count). The molecule has 8 heteroatoms. The van der Waals surface area contributed by atoms with Crippen molar-refractivity contribution < 1.29 is 14.3 Å². The Morgan fingerprint density at radius 1 is 1.37 bits per heavy atom. The highest BCUT2D eigenvalue weighted by Gasteiger charge is 2.28. The maximum Gasteiger partial charge on any atom is 0.409 e. The molecule has 1 unspecified atom stereocenters. The first-order chi connectivity index (χ1) is 14.6. The molecule has 0 radical (unpaired) electrons. The van der Waals surface area contributed by atoms with Crippen molar-refractivity contribution in [1.29, 1.82) is 5.26 Å². The highest BCUT2D eigenvalue weighted by molar-refractivity contribution is 7.16. The average molecular weight is 442 g/mol. The van der Waals surface area contributed by atoms with E-state index in [4.69, 9.17) is 4.74 Å². The normalized spacial score (nSPS) is 18.2. The maximum absolute atomic E-state index is 12.3. The number of nitriles is 1. The Balaban J connectivity index is 1.37. The van der Waals surface area contributed by atoms with Gasteiger partial charge in [-0.05, 0) is 61.1 Å². The van der Waals surface area contributed by atoms with Crippen LogP contribution in [-0.4, -0.2) is 36.6 Å². The number of ether oxygens (including phenoxy) is 1. The lowest BCUT2D eigenvalue weighted by Gasteiger charge is -2.23. The highest BCUT2D eigenvalue weighted by Crippen LogP contribution is 2.39. The monoisotopic (exact) mass is 441 g/mol. The van der Waals surface area contributed by atoms with E-state index in [1.807, 2.05) is 17.5 Å². The zero-order valence-electron chi connectivity index (χ0n) is 16.6. The minimum absolute atomic E-state index is 0.215. The van der Waals surface area contributed by atoms with E-state index in [9.17, 15) is 14.9 Å². The first-order valence-electron chi connectivity index (χ1n) is 10.1. The van der Waals surface area contributed by atoms with Gasteiger partial charge in [0.15, 0.2) is 0 Å². The molecular formula is C22H23N3O3S2. The number of carbonyl (C=O) groups excluding carboxylic acids is 2. The predicted octanol–water partition coefficient (Wildman–Crippen LogP) is 4.67. The van der Waals surface area contributed by atoms with Gasteiger partial charge >= 0.3 is 6.09 Å². The van der Waals surface area contributed by atoms with E-state index in [0.29, 0.717) is 17.2 Å². The summed E-state index contributed by atoms with van der Waals surface area (Å²) in [6.07, 6.45) is 7.54. The molecule has 2 aliphatic rings. The van der Waals surface area contributed by atoms with Gasteiger partial charge in [-0.25, -0.2) is 4.79 Å². The molecule has 3 heterocycles. The molecule has 30 heavy (non-hydrogen) atoms. The summed E-state index contributed by atoms with van der Waals surface area (Å²) in [5.41, 5.74) is 1.60. The molecule has 0 saturated carbocycles. The third-order valence-electron chi connectivity index (χ3n) is 5.46. The minimum atomic E-state index is -0.241. The van der Waals surface area contributed by atoms with Gasteiger partial charge < -0.3 is 15.0 Å². The van der Waals surface area contributed by atoms with Crippen LogP contribution >= 0.6 is 22.7 Å². The number of fused-ring (bicyclic) bond motifs is 1. The number of likely N-dealkylation sites (tertiary alicyclic amines) is 1. The minimum Gasteiger partial charge on any atom is -0.449 e. The molecular weight excluding hydrogens is 418 g/mol. The number of anilines is 1. The molecule has 2 aromatic rings. The van der Waals surface area contributed by atoms with Crippen LogP contribution in [-0.2, 0) is 22.4 Å². The summed E-state index contributed by atoms with van der Waals surface area (Å²) in [7, 11) is 0. The second-order valence-electron chi connectivity index (χ2n) is 7.54. The molecule has 6 nitrogen and oxygen atoms in total. The Morgan fingerprint density at radius 2 is 2.20 bits per heavy atom. The molecule has 156 valence electrons. The van der Waals surface area contributed by atoms with Crippen molar-refractivity contribution in [3.05, 3.63) is 44.5 Å². The molecule has 2 amide bonds. The second-order valence-corrected chi connectivity index (χ2v) is 9.62. The Bertz CT molecular complexity index is 982. The van der Waals surface area contributed by atoms with E-state index >= 15 is 0 Å². The van der Waals surface area contributed by atoms with E-state index in [-0.39, 0.29) is 17.9 Å². The van der Waals surface area contributed by atoms with Crippen LogP contribution < -0.4 is 5.32 Å². The zero-order chi connectivity index (χ0) is 20.9. The number of carbonyl (C=O) groups is 2. The molecule has 0 spiro atoms. The largest absolute Gasteiger partial charge is 0.449 e. The number of rotatable bonds is 5. The number of amides is 2. The quantitative estimate of drug-likeness (QED) is 0.684. The van der Waals surface area contributed by atoms with Crippen molar-refractivity contribution in [1.82, 2.24) is 4.90 Å². The van der Waals surface area contributed by atoms with Crippen LogP contribution in [0.5, 0.6) is 0 Å². The van der Waals surface area contributed by atoms with Crippen molar-refractivity contribution in [2.75, 3.05) is 25.0 Å². The SMILES string of the molecule is N#Cc1c(NC(=O)/C=C/c2cccs2)sc2c1CCC(COC(=O)N1CCCC1)C2. The van der Waals surface area contributed by atoms with Crippen LogP contribution in [0.15, 0.2) is 23.6 Å². The Morgan fingerprint density at radius 3 is 2.93 bits per heavy atom.